The number of aromatic hydroxyl groups is 1. The number of aryl methyl sites for hydroxylation is 1. The van der Waals surface area contributed by atoms with Crippen molar-refractivity contribution in [3.05, 3.63) is 64.8 Å². The van der Waals surface area contributed by atoms with E-state index in [2.05, 4.69) is 46.5 Å². The first-order chi connectivity index (χ1) is 13.1. The third-order valence-corrected chi connectivity index (χ3v) is 5.66. The van der Waals surface area contributed by atoms with Crippen molar-refractivity contribution in [1.29, 1.82) is 0 Å². The van der Waals surface area contributed by atoms with Gasteiger partial charge >= 0.3 is 0 Å². The van der Waals surface area contributed by atoms with Crippen molar-refractivity contribution >= 4 is 44.7 Å². The molecule has 1 N–H and O–H groups in total. The molecule has 2 heterocycles. The summed E-state index contributed by atoms with van der Waals surface area (Å²) < 4.78 is 0. The second-order valence-electron chi connectivity index (χ2n) is 6.27. The van der Waals surface area contributed by atoms with Crippen LogP contribution in [0.4, 0.5) is 11.5 Å². The second-order valence-corrected chi connectivity index (χ2v) is 7.47. The van der Waals surface area contributed by atoms with E-state index in [-0.39, 0.29) is 11.0 Å². The van der Waals surface area contributed by atoms with Crippen molar-refractivity contribution in [3.8, 4) is 16.9 Å². The van der Waals surface area contributed by atoms with Gasteiger partial charge in [-0.1, -0.05) is 31.2 Å². The molecule has 0 saturated heterocycles. The lowest BCUT2D eigenvalue weighted by Crippen LogP contribution is -2.12. The van der Waals surface area contributed by atoms with Crippen LogP contribution in [0, 0.1) is 0 Å². The van der Waals surface area contributed by atoms with Crippen LogP contribution in [-0.2, 0) is 6.42 Å². The Bertz CT molecular complexity index is 1090. The topological polar surface area (TPSA) is 49.2 Å². The molecule has 6 heteroatoms. The molecule has 2 aromatic carbocycles. The van der Waals surface area contributed by atoms with Gasteiger partial charge in [0.2, 0.25) is 5.28 Å². The van der Waals surface area contributed by atoms with Crippen LogP contribution in [0.25, 0.3) is 21.3 Å². The number of fused-ring (bicyclic) bond motifs is 1. The summed E-state index contributed by atoms with van der Waals surface area (Å²) in [6.45, 7) is 2.15. The van der Waals surface area contributed by atoms with Crippen molar-refractivity contribution in [2.24, 2.45) is 0 Å². The Morgan fingerprint density at radius 1 is 1.04 bits per heavy atom. The zero-order valence-corrected chi connectivity index (χ0v) is 16.6. The minimum absolute atomic E-state index is 0.220. The van der Waals surface area contributed by atoms with Crippen LogP contribution >= 0.6 is 22.9 Å². The van der Waals surface area contributed by atoms with Crippen LogP contribution in [0.2, 0.25) is 5.28 Å². The van der Waals surface area contributed by atoms with Crippen LogP contribution in [-0.4, -0.2) is 22.1 Å². The maximum atomic E-state index is 9.56. The van der Waals surface area contributed by atoms with E-state index in [4.69, 9.17) is 11.6 Å². The monoisotopic (exact) mass is 395 g/mol. The maximum Gasteiger partial charge on any atom is 0.225 e. The molecule has 0 aliphatic carbocycles. The largest absolute Gasteiger partial charge is 0.508 e. The molecular weight excluding hydrogens is 378 g/mol. The lowest BCUT2D eigenvalue weighted by atomic mass is 10.0. The van der Waals surface area contributed by atoms with Gasteiger partial charge < -0.3 is 10.0 Å². The molecule has 0 amide bonds. The number of rotatable bonds is 4. The molecule has 2 aromatic heterocycles. The number of phenols is 1. The molecule has 0 saturated carbocycles. The summed E-state index contributed by atoms with van der Waals surface area (Å²) >= 11 is 7.75. The highest BCUT2D eigenvalue weighted by atomic mass is 35.5. The number of nitrogens with zero attached hydrogens (tertiary/aromatic N) is 3. The molecule has 0 atom stereocenters. The third-order valence-electron chi connectivity index (χ3n) is 4.62. The fraction of sp³-hybridized carbons (Fsp3) is 0.143. The summed E-state index contributed by atoms with van der Waals surface area (Å²) in [6, 6.07) is 15.6. The predicted octanol–water partition coefficient (Wildman–Crippen LogP) is 6.05. The van der Waals surface area contributed by atoms with Gasteiger partial charge in [-0.25, -0.2) is 4.98 Å². The predicted molar refractivity (Wildman–Crippen MR) is 113 cm³/mol. The Labute approximate surface area is 166 Å². The van der Waals surface area contributed by atoms with Gasteiger partial charge in [-0.05, 0) is 53.4 Å². The summed E-state index contributed by atoms with van der Waals surface area (Å²) in [4.78, 5) is 11.7. The van der Waals surface area contributed by atoms with Gasteiger partial charge in [-0.15, -0.1) is 11.3 Å². The Kier molecular flexibility index (Phi) is 4.72. The number of halogens is 1. The van der Waals surface area contributed by atoms with Gasteiger partial charge in [0.25, 0.3) is 0 Å². The van der Waals surface area contributed by atoms with Crippen molar-refractivity contribution in [2.75, 3.05) is 11.9 Å². The van der Waals surface area contributed by atoms with E-state index < -0.39 is 0 Å². The first-order valence-electron chi connectivity index (χ1n) is 8.63. The minimum atomic E-state index is 0.220. The van der Waals surface area contributed by atoms with Crippen LogP contribution in [0.5, 0.6) is 5.75 Å². The molecule has 4 rings (SSSR count). The van der Waals surface area contributed by atoms with Crippen molar-refractivity contribution in [3.63, 3.8) is 0 Å². The van der Waals surface area contributed by atoms with Gasteiger partial charge in [0.15, 0.2) is 0 Å². The Morgan fingerprint density at radius 2 is 1.74 bits per heavy atom. The minimum Gasteiger partial charge on any atom is -0.508 e. The number of aromatic nitrogens is 2. The molecule has 0 unspecified atom stereocenters. The van der Waals surface area contributed by atoms with Crippen molar-refractivity contribution < 1.29 is 5.11 Å². The molecule has 136 valence electrons. The van der Waals surface area contributed by atoms with Crippen molar-refractivity contribution in [2.45, 2.75) is 13.3 Å². The summed E-state index contributed by atoms with van der Waals surface area (Å²) in [6.07, 6.45) is 1.01. The van der Waals surface area contributed by atoms with Gasteiger partial charge in [-0.3, -0.25) is 0 Å². The van der Waals surface area contributed by atoms with E-state index in [0.29, 0.717) is 0 Å². The molecule has 0 aliphatic rings. The third kappa shape index (κ3) is 3.36. The van der Waals surface area contributed by atoms with Gasteiger partial charge in [0.1, 0.15) is 16.4 Å². The van der Waals surface area contributed by atoms with E-state index in [9.17, 15) is 5.11 Å². The second kappa shape index (κ2) is 7.18. The molecule has 4 nitrogen and oxygen atoms in total. The average Bonchev–Trinajstić information content (AvgIpc) is 3.11. The van der Waals surface area contributed by atoms with E-state index in [1.807, 2.05) is 24.1 Å². The standard InChI is InChI=1S/C21H18ClN3OS/c1-3-13-4-6-14(7-5-13)17-12-27-20-18(17)19(23-21(22)24-20)25(2)15-8-10-16(26)11-9-15/h4-12,26H,3H2,1-2H3. The maximum absolute atomic E-state index is 9.56. The van der Waals surface area contributed by atoms with Crippen molar-refractivity contribution in [1.82, 2.24) is 9.97 Å². The van der Waals surface area contributed by atoms with E-state index in [1.54, 1.807) is 23.5 Å². The van der Waals surface area contributed by atoms with Gasteiger partial charge in [0, 0.05) is 23.7 Å². The summed E-state index contributed by atoms with van der Waals surface area (Å²) in [5.41, 5.74) is 4.43. The van der Waals surface area contributed by atoms with Gasteiger partial charge in [0.05, 0.1) is 5.39 Å². The van der Waals surface area contributed by atoms with Gasteiger partial charge in [-0.2, -0.15) is 4.98 Å². The van der Waals surface area contributed by atoms with E-state index >= 15 is 0 Å². The summed E-state index contributed by atoms with van der Waals surface area (Å²) in [7, 11) is 1.94. The van der Waals surface area contributed by atoms with Crippen LogP contribution < -0.4 is 4.90 Å². The zero-order valence-electron chi connectivity index (χ0n) is 15.0. The quantitative estimate of drug-likeness (QED) is 0.427. The molecule has 0 fully saturated rings. The highest BCUT2D eigenvalue weighted by molar-refractivity contribution is 7.17. The number of phenolic OH excluding ortho intramolecular Hbond substituents is 1. The van der Waals surface area contributed by atoms with E-state index in [0.717, 1.165) is 39.3 Å². The lowest BCUT2D eigenvalue weighted by molar-refractivity contribution is 0.475. The van der Waals surface area contributed by atoms with Crippen LogP contribution in [0.1, 0.15) is 12.5 Å². The molecular formula is C21H18ClN3OS. The smallest absolute Gasteiger partial charge is 0.225 e. The number of hydrogen-bond donors (Lipinski definition) is 1. The first-order valence-corrected chi connectivity index (χ1v) is 9.89. The average molecular weight is 396 g/mol. The first kappa shape index (κ1) is 17.8. The van der Waals surface area contributed by atoms with E-state index in [1.165, 1.54) is 5.56 Å². The number of hydrogen-bond acceptors (Lipinski definition) is 5. The number of benzene rings is 2. The fourth-order valence-corrected chi connectivity index (χ4v) is 4.23. The fourth-order valence-electron chi connectivity index (χ4n) is 3.07. The molecule has 4 aromatic rings. The Morgan fingerprint density at radius 3 is 2.41 bits per heavy atom. The highest BCUT2D eigenvalue weighted by Crippen LogP contribution is 2.40. The Balaban J connectivity index is 1.88. The highest BCUT2D eigenvalue weighted by Gasteiger charge is 2.18. The molecule has 0 spiro atoms. The normalized spacial score (nSPS) is 11.1. The van der Waals surface area contributed by atoms with Crippen LogP contribution in [0.3, 0.4) is 0 Å². The zero-order chi connectivity index (χ0) is 19.0. The SMILES string of the molecule is CCc1ccc(-c2csc3nc(Cl)nc(N(C)c4ccc(O)cc4)c23)cc1. The molecule has 0 aliphatic heterocycles. The molecule has 27 heavy (non-hydrogen) atoms. The summed E-state index contributed by atoms with van der Waals surface area (Å²) in [5.74, 6) is 0.969. The molecule has 0 bridgehead atoms. The lowest BCUT2D eigenvalue weighted by Gasteiger charge is -2.20. The van der Waals surface area contributed by atoms with Crippen LogP contribution in [0.15, 0.2) is 53.9 Å². The Hall–Kier alpha value is -2.63. The molecule has 0 radical (unpaired) electrons. The summed E-state index contributed by atoms with van der Waals surface area (Å²) in [5, 5.41) is 12.9. The number of thiophene rings is 1. The number of anilines is 2.